The fourth-order valence-electron chi connectivity index (χ4n) is 2.95. The molecular weight excluding hydrogens is 373 g/mol. The average molecular weight is 391 g/mol. The van der Waals surface area contributed by atoms with E-state index < -0.39 is 0 Å². The fraction of sp³-hybridized carbons (Fsp3) is 0.143. The van der Waals surface area contributed by atoms with Gasteiger partial charge in [-0.05, 0) is 36.8 Å². The third kappa shape index (κ3) is 3.91. The molecule has 0 fully saturated rings. The maximum Gasteiger partial charge on any atom is 0.264 e. The van der Waals surface area contributed by atoms with Crippen LogP contribution in [0.4, 0.5) is 4.39 Å². The van der Waals surface area contributed by atoms with E-state index in [1.165, 1.54) is 33.9 Å². The van der Waals surface area contributed by atoms with Crippen LogP contribution in [0.1, 0.15) is 11.1 Å². The summed E-state index contributed by atoms with van der Waals surface area (Å²) >= 11 is 0. The molecule has 2 heterocycles. The standard InChI is InChI=1S/C21H18FN5O2/c1-14-2-4-15(5-3-14)10-23-19(28)12-26-13-24-20-18(21(26)29)11-25-27(20)17-8-6-16(22)7-9-17/h2-9,11,13H,10,12H2,1H3,(H,23,28). The fourth-order valence-corrected chi connectivity index (χ4v) is 2.95. The number of aromatic nitrogens is 4. The van der Waals surface area contributed by atoms with Gasteiger partial charge in [-0.25, -0.2) is 14.1 Å². The minimum absolute atomic E-state index is 0.143. The summed E-state index contributed by atoms with van der Waals surface area (Å²) in [6.45, 7) is 2.23. The Morgan fingerprint density at radius 2 is 1.83 bits per heavy atom. The zero-order valence-corrected chi connectivity index (χ0v) is 15.7. The van der Waals surface area contributed by atoms with Crippen molar-refractivity contribution in [3.63, 3.8) is 0 Å². The Balaban J connectivity index is 1.52. The van der Waals surface area contributed by atoms with E-state index >= 15 is 0 Å². The molecule has 0 bridgehead atoms. The van der Waals surface area contributed by atoms with Crippen molar-refractivity contribution in [2.75, 3.05) is 0 Å². The molecule has 0 aliphatic rings. The summed E-state index contributed by atoms with van der Waals surface area (Å²) in [4.78, 5) is 29.2. The predicted molar refractivity (Wildman–Crippen MR) is 106 cm³/mol. The lowest BCUT2D eigenvalue weighted by Gasteiger charge is -2.08. The molecule has 2 aromatic heterocycles. The van der Waals surface area contributed by atoms with Gasteiger partial charge in [-0.1, -0.05) is 29.8 Å². The second-order valence-corrected chi connectivity index (χ2v) is 6.71. The van der Waals surface area contributed by atoms with E-state index in [-0.39, 0.29) is 29.2 Å². The molecule has 29 heavy (non-hydrogen) atoms. The van der Waals surface area contributed by atoms with Gasteiger partial charge in [0.25, 0.3) is 5.56 Å². The van der Waals surface area contributed by atoms with Crippen molar-refractivity contribution in [2.24, 2.45) is 0 Å². The normalized spacial score (nSPS) is 11.0. The number of nitrogens with one attached hydrogen (secondary N) is 1. The minimum Gasteiger partial charge on any atom is -0.350 e. The van der Waals surface area contributed by atoms with Crippen molar-refractivity contribution in [2.45, 2.75) is 20.0 Å². The Morgan fingerprint density at radius 3 is 2.55 bits per heavy atom. The molecule has 0 spiro atoms. The van der Waals surface area contributed by atoms with Crippen molar-refractivity contribution in [3.05, 3.63) is 88.4 Å². The van der Waals surface area contributed by atoms with Crippen molar-refractivity contribution < 1.29 is 9.18 Å². The monoisotopic (exact) mass is 391 g/mol. The molecule has 1 N–H and O–H groups in total. The molecule has 0 aliphatic heterocycles. The number of aryl methyl sites for hydroxylation is 1. The Hall–Kier alpha value is -3.81. The van der Waals surface area contributed by atoms with Crippen LogP contribution in [0.15, 0.2) is 65.8 Å². The summed E-state index contributed by atoms with van der Waals surface area (Å²) in [5.74, 6) is -0.656. The molecule has 8 heteroatoms. The highest BCUT2D eigenvalue weighted by atomic mass is 19.1. The van der Waals surface area contributed by atoms with Crippen molar-refractivity contribution in [1.82, 2.24) is 24.6 Å². The van der Waals surface area contributed by atoms with Crippen LogP contribution in [0.5, 0.6) is 0 Å². The highest BCUT2D eigenvalue weighted by Gasteiger charge is 2.13. The first-order valence-electron chi connectivity index (χ1n) is 9.02. The molecule has 4 aromatic rings. The van der Waals surface area contributed by atoms with Crippen LogP contribution in [-0.2, 0) is 17.9 Å². The number of carbonyl (C=O) groups excluding carboxylic acids is 1. The third-order valence-electron chi connectivity index (χ3n) is 4.55. The largest absolute Gasteiger partial charge is 0.350 e. The predicted octanol–water partition coefficient (Wildman–Crippen LogP) is 2.35. The number of hydrogen-bond acceptors (Lipinski definition) is 4. The van der Waals surface area contributed by atoms with Gasteiger partial charge in [0.1, 0.15) is 24.1 Å². The smallest absolute Gasteiger partial charge is 0.264 e. The van der Waals surface area contributed by atoms with Gasteiger partial charge in [-0.2, -0.15) is 5.10 Å². The van der Waals surface area contributed by atoms with Crippen molar-refractivity contribution >= 4 is 16.9 Å². The number of rotatable bonds is 5. The lowest BCUT2D eigenvalue weighted by Crippen LogP contribution is -2.32. The number of benzene rings is 2. The van der Waals surface area contributed by atoms with E-state index in [2.05, 4.69) is 15.4 Å². The van der Waals surface area contributed by atoms with E-state index in [4.69, 9.17) is 0 Å². The molecule has 4 rings (SSSR count). The number of nitrogens with zero attached hydrogens (tertiary/aromatic N) is 4. The van der Waals surface area contributed by atoms with Gasteiger partial charge in [0.15, 0.2) is 5.65 Å². The van der Waals surface area contributed by atoms with Crippen LogP contribution in [0.25, 0.3) is 16.7 Å². The van der Waals surface area contributed by atoms with Crippen molar-refractivity contribution in [1.29, 1.82) is 0 Å². The molecule has 146 valence electrons. The molecular formula is C21H18FN5O2. The number of carbonyl (C=O) groups is 1. The molecule has 2 aromatic carbocycles. The van der Waals surface area contributed by atoms with E-state index in [0.29, 0.717) is 17.9 Å². The lowest BCUT2D eigenvalue weighted by molar-refractivity contribution is -0.121. The Bertz CT molecular complexity index is 1230. The molecule has 0 atom stereocenters. The lowest BCUT2D eigenvalue weighted by atomic mass is 10.1. The minimum atomic E-state index is -0.367. The maximum absolute atomic E-state index is 13.1. The van der Waals surface area contributed by atoms with Crippen LogP contribution in [-0.4, -0.2) is 25.2 Å². The van der Waals surface area contributed by atoms with E-state index in [1.54, 1.807) is 12.1 Å². The maximum atomic E-state index is 13.1. The summed E-state index contributed by atoms with van der Waals surface area (Å²) in [7, 11) is 0. The first-order chi connectivity index (χ1) is 14.0. The zero-order chi connectivity index (χ0) is 20.4. The molecule has 0 saturated carbocycles. The van der Waals surface area contributed by atoms with Gasteiger partial charge in [-0.15, -0.1) is 0 Å². The van der Waals surface area contributed by atoms with Gasteiger partial charge in [-0.3, -0.25) is 14.2 Å². The Morgan fingerprint density at radius 1 is 1.10 bits per heavy atom. The van der Waals surface area contributed by atoms with Gasteiger partial charge < -0.3 is 5.32 Å². The van der Waals surface area contributed by atoms with Gasteiger partial charge in [0.05, 0.1) is 11.9 Å². The van der Waals surface area contributed by atoms with Crippen LogP contribution >= 0.6 is 0 Å². The number of amides is 1. The molecule has 0 unspecified atom stereocenters. The quantitative estimate of drug-likeness (QED) is 0.566. The Labute approximate surface area is 165 Å². The third-order valence-corrected chi connectivity index (χ3v) is 4.55. The van der Waals surface area contributed by atoms with Crippen molar-refractivity contribution in [3.8, 4) is 5.69 Å². The first-order valence-corrected chi connectivity index (χ1v) is 9.02. The SMILES string of the molecule is Cc1ccc(CNC(=O)Cn2cnc3c(cnn3-c3ccc(F)cc3)c2=O)cc1. The summed E-state index contributed by atoms with van der Waals surface area (Å²) in [6, 6.07) is 13.6. The summed E-state index contributed by atoms with van der Waals surface area (Å²) in [5.41, 5.74) is 2.69. The zero-order valence-electron chi connectivity index (χ0n) is 15.7. The highest BCUT2D eigenvalue weighted by Crippen LogP contribution is 2.14. The van der Waals surface area contributed by atoms with E-state index in [9.17, 15) is 14.0 Å². The number of fused-ring (bicyclic) bond motifs is 1. The van der Waals surface area contributed by atoms with Crippen LogP contribution in [0.3, 0.4) is 0 Å². The first kappa shape index (κ1) is 18.5. The molecule has 0 radical (unpaired) electrons. The Kier molecular flexibility index (Phi) is 4.90. The van der Waals surface area contributed by atoms with E-state index in [0.717, 1.165) is 11.1 Å². The molecule has 0 aliphatic carbocycles. The van der Waals surface area contributed by atoms with Gasteiger partial charge in [0.2, 0.25) is 5.91 Å². The van der Waals surface area contributed by atoms with Crippen LogP contribution < -0.4 is 10.9 Å². The summed E-state index contributed by atoms with van der Waals surface area (Å²) < 4.78 is 15.8. The van der Waals surface area contributed by atoms with E-state index in [1.807, 2.05) is 31.2 Å². The number of hydrogen-bond donors (Lipinski definition) is 1. The second kappa shape index (κ2) is 7.67. The molecule has 7 nitrogen and oxygen atoms in total. The number of halogens is 1. The van der Waals surface area contributed by atoms with Gasteiger partial charge >= 0.3 is 0 Å². The molecule has 1 amide bonds. The topological polar surface area (TPSA) is 81.8 Å². The van der Waals surface area contributed by atoms with Crippen LogP contribution in [0, 0.1) is 12.7 Å². The van der Waals surface area contributed by atoms with Gasteiger partial charge in [0, 0.05) is 6.54 Å². The highest BCUT2D eigenvalue weighted by molar-refractivity contribution is 5.77. The van der Waals surface area contributed by atoms with Crippen LogP contribution in [0.2, 0.25) is 0 Å². The molecule has 0 saturated heterocycles. The average Bonchev–Trinajstić information content (AvgIpc) is 3.15. The summed E-state index contributed by atoms with van der Waals surface area (Å²) in [5, 5.41) is 7.25. The second-order valence-electron chi connectivity index (χ2n) is 6.71. The summed E-state index contributed by atoms with van der Waals surface area (Å²) in [6.07, 6.45) is 2.71.